The lowest BCUT2D eigenvalue weighted by Crippen LogP contribution is -2.46. The predicted molar refractivity (Wildman–Crippen MR) is 68.3 cm³/mol. The highest BCUT2D eigenvalue weighted by Crippen LogP contribution is 2.21. The second-order valence-corrected chi connectivity index (χ2v) is 4.88. The van der Waals surface area contributed by atoms with Crippen molar-refractivity contribution in [2.75, 3.05) is 26.4 Å². The van der Waals surface area contributed by atoms with E-state index in [2.05, 4.69) is 17.0 Å². The van der Waals surface area contributed by atoms with E-state index in [1.54, 1.807) is 0 Å². The van der Waals surface area contributed by atoms with E-state index < -0.39 is 0 Å². The summed E-state index contributed by atoms with van der Waals surface area (Å²) in [5.41, 5.74) is 2.28. The van der Waals surface area contributed by atoms with Gasteiger partial charge in [0.1, 0.15) is 0 Å². The number of benzene rings is 1. The highest BCUT2D eigenvalue weighted by atomic mass is 35.5. The van der Waals surface area contributed by atoms with E-state index in [-0.39, 0.29) is 12.6 Å². The Labute approximate surface area is 107 Å². The highest BCUT2D eigenvalue weighted by molar-refractivity contribution is 6.31. The molecule has 4 heteroatoms. The van der Waals surface area contributed by atoms with Gasteiger partial charge in [0.25, 0.3) is 0 Å². The SMILES string of the molecule is Cc1ccc(CN2CCOCC2CO)c(Cl)c1. The third-order valence-electron chi connectivity index (χ3n) is 3.14. The maximum atomic E-state index is 9.30. The number of rotatable bonds is 3. The van der Waals surface area contributed by atoms with Crippen LogP contribution < -0.4 is 0 Å². The fourth-order valence-electron chi connectivity index (χ4n) is 2.06. The summed E-state index contributed by atoms with van der Waals surface area (Å²) in [4.78, 5) is 2.22. The van der Waals surface area contributed by atoms with Crippen LogP contribution in [0.3, 0.4) is 0 Å². The number of ether oxygens (including phenoxy) is 1. The van der Waals surface area contributed by atoms with Crippen molar-refractivity contribution in [2.45, 2.75) is 19.5 Å². The lowest BCUT2D eigenvalue weighted by molar-refractivity contribution is -0.0312. The van der Waals surface area contributed by atoms with E-state index in [9.17, 15) is 5.11 Å². The zero-order chi connectivity index (χ0) is 12.3. The average molecular weight is 256 g/mol. The van der Waals surface area contributed by atoms with Crippen molar-refractivity contribution in [3.05, 3.63) is 34.3 Å². The average Bonchev–Trinajstić information content (AvgIpc) is 2.33. The minimum absolute atomic E-state index is 0.0844. The van der Waals surface area contributed by atoms with Gasteiger partial charge in [-0.2, -0.15) is 0 Å². The molecule has 0 saturated carbocycles. The third kappa shape index (κ3) is 3.19. The predicted octanol–water partition coefficient (Wildman–Crippen LogP) is 1.84. The maximum Gasteiger partial charge on any atom is 0.0644 e. The molecule has 94 valence electrons. The Hall–Kier alpha value is -0.610. The van der Waals surface area contributed by atoms with Crippen molar-refractivity contribution in [2.24, 2.45) is 0 Å². The second-order valence-electron chi connectivity index (χ2n) is 4.48. The Morgan fingerprint density at radius 3 is 3.06 bits per heavy atom. The zero-order valence-corrected chi connectivity index (χ0v) is 10.8. The van der Waals surface area contributed by atoms with Crippen LogP contribution in [0.15, 0.2) is 18.2 Å². The lowest BCUT2D eigenvalue weighted by atomic mass is 10.1. The molecule has 1 fully saturated rings. The number of morpholine rings is 1. The first-order valence-corrected chi connectivity index (χ1v) is 6.26. The molecule has 0 bridgehead atoms. The largest absolute Gasteiger partial charge is 0.395 e. The van der Waals surface area contributed by atoms with Gasteiger partial charge < -0.3 is 9.84 Å². The van der Waals surface area contributed by atoms with Crippen molar-refractivity contribution in [3.63, 3.8) is 0 Å². The van der Waals surface area contributed by atoms with Crippen molar-refractivity contribution in [1.29, 1.82) is 0 Å². The zero-order valence-electron chi connectivity index (χ0n) is 10.0. The van der Waals surface area contributed by atoms with Crippen LogP contribution in [0.25, 0.3) is 0 Å². The Bertz CT molecular complexity index is 384. The summed E-state index contributed by atoms with van der Waals surface area (Å²) < 4.78 is 5.36. The Kier molecular flexibility index (Phi) is 4.40. The fourth-order valence-corrected chi connectivity index (χ4v) is 2.36. The molecule has 1 saturated heterocycles. The first-order chi connectivity index (χ1) is 8.20. The summed E-state index contributed by atoms with van der Waals surface area (Å²) in [6, 6.07) is 6.18. The molecule has 0 amide bonds. The van der Waals surface area contributed by atoms with Crippen molar-refractivity contribution in [1.82, 2.24) is 4.90 Å². The van der Waals surface area contributed by atoms with Gasteiger partial charge in [0.2, 0.25) is 0 Å². The van der Waals surface area contributed by atoms with Gasteiger partial charge in [-0.05, 0) is 24.1 Å². The van der Waals surface area contributed by atoms with Gasteiger partial charge in [-0.1, -0.05) is 23.7 Å². The summed E-state index contributed by atoms with van der Waals surface area (Å²) in [7, 11) is 0. The molecule has 1 atom stereocenters. The van der Waals surface area contributed by atoms with E-state index >= 15 is 0 Å². The summed E-state index contributed by atoms with van der Waals surface area (Å²) in [6.45, 7) is 5.09. The number of hydrogen-bond donors (Lipinski definition) is 1. The van der Waals surface area contributed by atoms with Gasteiger partial charge in [0, 0.05) is 18.1 Å². The maximum absolute atomic E-state index is 9.30. The van der Waals surface area contributed by atoms with Crippen LogP contribution >= 0.6 is 11.6 Å². The monoisotopic (exact) mass is 255 g/mol. The molecular weight excluding hydrogens is 238 g/mol. The molecule has 1 N–H and O–H groups in total. The number of nitrogens with zero attached hydrogens (tertiary/aromatic N) is 1. The minimum Gasteiger partial charge on any atom is -0.395 e. The quantitative estimate of drug-likeness (QED) is 0.895. The number of halogens is 1. The van der Waals surface area contributed by atoms with Crippen LogP contribution in [-0.2, 0) is 11.3 Å². The molecule has 1 unspecified atom stereocenters. The van der Waals surface area contributed by atoms with Crippen LogP contribution in [0.1, 0.15) is 11.1 Å². The summed E-state index contributed by atoms with van der Waals surface area (Å²) >= 11 is 6.22. The van der Waals surface area contributed by atoms with Gasteiger partial charge >= 0.3 is 0 Å². The molecule has 1 aromatic rings. The minimum atomic E-state index is 0.0844. The fraction of sp³-hybridized carbons (Fsp3) is 0.538. The summed E-state index contributed by atoms with van der Waals surface area (Å²) in [6.07, 6.45) is 0. The van der Waals surface area contributed by atoms with Crippen LogP contribution in [0.4, 0.5) is 0 Å². The van der Waals surface area contributed by atoms with Crippen molar-refractivity contribution < 1.29 is 9.84 Å². The summed E-state index contributed by atoms with van der Waals surface area (Å²) in [5.74, 6) is 0. The Morgan fingerprint density at radius 2 is 2.35 bits per heavy atom. The first kappa shape index (κ1) is 12.8. The van der Waals surface area contributed by atoms with E-state index in [4.69, 9.17) is 16.3 Å². The molecule has 3 nitrogen and oxygen atoms in total. The smallest absolute Gasteiger partial charge is 0.0644 e. The number of aryl methyl sites for hydroxylation is 1. The molecule has 0 aliphatic carbocycles. The standard InChI is InChI=1S/C13H18ClNO2/c1-10-2-3-11(13(14)6-10)7-15-4-5-17-9-12(15)8-16/h2-3,6,12,16H,4-5,7-9H2,1H3. The van der Waals surface area contributed by atoms with Gasteiger partial charge in [-0.15, -0.1) is 0 Å². The molecular formula is C13H18ClNO2. The molecule has 0 aromatic heterocycles. The van der Waals surface area contributed by atoms with E-state index in [0.717, 1.165) is 30.3 Å². The third-order valence-corrected chi connectivity index (χ3v) is 3.49. The highest BCUT2D eigenvalue weighted by Gasteiger charge is 2.22. The molecule has 0 radical (unpaired) electrons. The first-order valence-electron chi connectivity index (χ1n) is 5.88. The number of aliphatic hydroxyl groups excluding tert-OH is 1. The topological polar surface area (TPSA) is 32.7 Å². The molecule has 17 heavy (non-hydrogen) atoms. The van der Waals surface area contributed by atoms with E-state index in [1.165, 1.54) is 5.56 Å². The number of aliphatic hydroxyl groups is 1. The molecule has 1 aliphatic heterocycles. The summed E-state index contributed by atoms with van der Waals surface area (Å²) in [5, 5.41) is 10.1. The van der Waals surface area contributed by atoms with Crippen LogP contribution in [0.5, 0.6) is 0 Å². The van der Waals surface area contributed by atoms with Crippen LogP contribution in [0, 0.1) is 6.92 Å². The van der Waals surface area contributed by atoms with Crippen molar-refractivity contribution in [3.8, 4) is 0 Å². The van der Waals surface area contributed by atoms with Crippen LogP contribution in [-0.4, -0.2) is 42.4 Å². The van der Waals surface area contributed by atoms with E-state index in [1.807, 2.05) is 13.0 Å². The Balaban J connectivity index is 2.08. The van der Waals surface area contributed by atoms with Gasteiger partial charge in [0.15, 0.2) is 0 Å². The molecule has 1 heterocycles. The number of hydrogen-bond acceptors (Lipinski definition) is 3. The van der Waals surface area contributed by atoms with Crippen molar-refractivity contribution >= 4 is 11.6 Å². The molecule has 1 aliphatic rings. The molecule has 0 spiro atoms. The van der Waals surface area contributed by atoms with Gasteiger partial charge in [0.05, 0.1) is 25.9 Å². The second kappa shape index (κ2) is 5.83. The van der Waals surface area contributed by atoms with Gasteiger partial charge in [-0.25, -0.2) is 0 Å². The van der Waals surface area contributed by atoms with E-state index in [0.29, 0.717) is 6.61 Å². The van der Waals surface area contributed by atoms with Crippen LogP contribution in [0.2, 0.25) is 5.02 Å². The van der Waals surface area contributed by atoms with Gasteiger partial charge in [-0.3, -0.25) is 4.90 Å². The lowest BCUT2D eigenvalue weighted by Gasteiger charge is -2.34. The molecule has 2 rings (SSSR count). The Morgan fingerprint density at radius 1 is 1.53 bits per heavy atom. The normalized spacial score (nSPS) is 21.7. The molecule has 1 aromatic carbocycles.